The Labute approximate surface area is 311 Å². The van der Waals surface area contributed by atoms with Gasteiger partial charge in [0.2, 0.25) is 5.89 Å². The summed E-state index contributed by atoms with van der Waals surface area (Å²) < 4.78 is 20.2. The molecule has 0 radical (unpaired) electrons. The lowest BCUT2D eigenvalue weighted by molar-refractivity contribution is 0.0196. The van der Waals surface area contributed by atoms with Crippen molar-refractivity contribution in [1.29, 1.82) is 0 Å². The summed E-state index contributed by atoms with van der Waals surface area (Å²) in [7, 11) is 0. The lowest BCUT2D eigenvalue weighted by Crippen LogP contribution is -2.37. The van der Waals surface area contributed by atoms with Gasteiger partial charge in [-0.25, -0.2) is 19.6 Å². The highest BCUT2D eigenvalue weighted by Gasteiger charge is 2.40. The van der Waals surface area contributed by atoms with Gasteiger partial charge in [-0.05, 0) is 114 Å². The molecule has 2 amide bonds. The Morgan fingerprint density at radius 1 is 0.750 bits per heavy atom. The van der Waals surface area contributed by atoms with Gasteiger partial charge in [0, 0.05) is 32.2 Å². The fourth-order valence-electron chi connectivity index (χ4n) is 7.33. The number of likely N-dealkylation sites (tertiary alicyclic amines) is 2. The molecule has 2 saturated heterocycles. The van der Waals surface area contributed by atoms with Gasteiger partial charge in [-0.1, -0.05) is 26.0 Å². The topological polar surface area (TPSA) is 114 Å². The molecule has 2 unspecified atom stereocenters. The van der Waals surface area contributed by atoms with Crippen LogP contribution in [0, 0.1) is 11.8 Å². The smallest absolute Gasteiger partial charge is 0.410 e. The number of nitrogens with one attached hydrogen (secondary N) is 1. The van der Waals surface area contributed by atoms with Crippen LogP contribution in [-0.4, -0.2) is 61.2 Å². The van der Waals surface area contributed by atoms with E-state index in [2.05, 4.69) is 61.3 Å². The van der Waals surface area contributed by atoms with Gasteiger partial charge in [0.25, 0.3) is 0 Å². The van der Waals surface area contributed by atoms with Gasteiger partial charge < -0.3 is 18.9 Å². The number of ether oxygens (including phenoxy) is 2. The number of fused-ring (bicyclic) bond motifs is 3. The minimum atomic E-state index is -0.571. The van der Waals surface area contributed by atoms with Crippen LogP contribution in [0.2, 0.25) is 0 Å². The first-order valence-electron chi connectivity index (χ1n) is 18.0. The number of oxazole rings is 1. The van der Waals surface area contributed by atoms with Crippen LogP contribution in [0.5, 0.6) is 0 Å². The molecule has 6 heterocycles. The Morgan fingerprint density at radius 3 is 1.88 bits per heavy atom. The molecule has 2 fully saturated rings. The summed E-state index contributed by atoms with van der Waals surface area (Å²) in [6.07, 6.45) is 0.995. The second kappa shape index (κ2) is 12.6. The Morgan fingerprint density at radius 2 is 1.29 bits per heavy atom. The monoisotopic (exact) mass is 739 g/mol. The number of imidazole rings is 1. The van der Waals surface area contributed by atoms with E-state index in [9.17, 15) is 9.59 Å². The standard InChI is InChI=1S/C40H45N5O5S2/c1-21-13-28(44(19-21)37(46)49-39(3,4)5)35-41-25-11-9-23(15-27(25)42-35)31-17-33-34(51-31)18-32(52-33)24-10-12-26-30(16-24)48-36(43-26)29-14-22(2)20-45(29)38(47)50-40(6,7)8/h9-12,15-18,21-22,28-29H,13-14,19-20H2,1-8H3,(H,41,42)/t21-,22?,28-,29?/m0/s1. The highest BCUT2D eigenvalue weighted by molar-refractivity contribution is 7.31. The Hall–Kier alpha value is -4.42. The van der Waals surface area contributed by atoms with Crippen molar-refractivity contribution in [3.05, 3.63) is 60.2 Å². The summed E-state index contributed by atoms with van der Waals surface area (Å²) in [5, 5.41) is 0. The van der Waals surface area contributed by atoms with Crippen molar-refractivity contribution in [2.24, 2.45) is 11.8 Å². The Balaban J connectivity index is 1.01. The third-order valence-electron chi connectivity index (χ3n) is 9.56. The van der Waals surface area contributed by atoms with E-state index >= 15 is 0 Å². The number of carbonyl (C=O) groups is 2. The lowest BCUT2D eigenvalue weighted by atomic mass is 10.1. The van der Waals surface area contributed by atoms with E-state index < -0.39 is 11.2 Å². The van der Waals surface area contributed by atoms with Gasteiger partial charge in [0.15, 0.2) is 5.58 Å². The van der Waals surface area contributed by atoms with Gasteiger partial charge in [-0.2, -0.15) is 0 Å². The van der Waals surface area contributed by atoms with Crippen LogP contribution in [0.4, 0.5) is 9.59 Å². The second-order valence-corrected chi connectivity index (χ2v) is 18.7. The van der Waals surface area contributed by atoms with Gasteiger partial charge in [-0.15, -0.1) is 22.7 Å². The molecule has 52 heavy (non-hydrogen) atoms. The molecular formula is C40H45N5O5S2. The molecule has 2 aliphatic rings. The van der Waals surface area contributed by atoms with E-state index in [0.29, 0.717) is 36.4 Å². The van der Waals surface area contributed by atoms with Crippen molar-refractivity contribution >= 4 is 66.4 Å². The molecule has 12 heteroatoms. The quantitative estimate of drug-likeness (QED) is 0.191. The molecule has 8 rings (SSSR count). The van der Waals surface area contributed by atoms with E-state index in [4.69, 9.17) is 23.9 Å². The number of carbonyl (C=O) groups excluding carboxylic acids is 2. The molecule has 6 aromatic rings. The summed E-state index contributed by atoms with van der Waals surface area (Å²) in [6, 6.07) is 16.6. The zero-order chi connectivity index (χ0) is 36.7. The van der Waals surface area contributed by atoms with Gasteiger partial charge in [0.05, 0.1) is 17.1 Å². The maximum absolute atomic E-state index is 13.0. The SMILES string of the molecule is CC1CC(c2nc3ccc(-c4cc5sc(-c6ccc7nc([C@@H]8C[C@H](C)CN8C(=O)OC(C)(C)C)[nH]c7c6)cc5s4)cc3o2)N(C(=O)OC(C)(C)C)C1. The van der Waals surface area contributed by atoms with E-state index in [1.165, 1.54) is 14.3 Å². The summed E-state index contributed by atoms with van der Waals surface area (Å²) in [5.74, 6) is 2.04. The van der Waals surface area contributed by atoms with Crippen LogP contribution in [0.25, 0.3) is 52.4 Å². The van der Waals surface area contributed by atoms with Crippen LogP contribution < -0.4 is 0 Å². The summed E-state index contributed by atoms with van der Waals surface area (Å²) in [6.45, 7) is 16.9. The van der Waals surface area contributed by atoms with E-state index in [1.54, 1.807) is 27.6 Å². The first-order valence-corrected chi connectivity index (χ1v) is 19.6. The number of nitrogens with zero attached hydrogens (tertiary/aromatic N) is 4. The number of aromatic nitrogens is 3. The molecule has 0 bridgehead atoms. The fraction of sp³-hybridized carbons (Fsp3) is 0.450. The number of thiophene rings is 2. The maximum Gasteiger partial charge on any atom is 0.410 e. The highest BCUT2D eigenvalue weighted by atomic mass is 32.1. The number of rotatable bonds is 4. The number of benzene rings is 2. The van der Waals surface area contributed by atoms with Crippen molar-refractivity contribution < 1.29 is 23.5 Å². The predicted octanol–water partition coefficient (Wildman–Crippen LogP) is 11.0. The summed E-state index contributed by atoms with van der Waals surface area (Å²) >= 11 is 3.53. The van der Waals surface area contributed by atoms with Crippen molar-refractivity contribution in [3.8, 4) is 20.9 Å². The summed E-state index contributed by atoms with van der Waals surface area (Å²) in [5.41, 5.74) is 4.40. The average molecular weight is 740 g/mol. The maximum atomic E-state index is 13.0. The molecule has 4 aromatic heterocycles. The Bertz CT molecular complexity index is 2130. The van der Waals surface area contributed by atoms with Crippen LogP contribution in [0.15, 0.2) is 52.9 Å². The van der Waals surface area contributed by atoms with Crippen LogP contribution in [0.3, 0.4) is 0 Å². The zero-order valence-electron chi connectivity index (χ0n) is 30.9. The molecule has 10 nitrogen and oxygen atoms in total. The first kappa shape index (κ1) is 34.7. The van der Waals surface area contributed by atoms with Crippen LogP contribution >= 0.6 is 22.7 Å². The number of amides is 2. The number of hydrogen-bond donors (Lipinski definition) is 1. The van der Waals surface area contributed by atoms with Gasteiger partial charge in [0.1, 0.15) is 28.6 Å². The molecule has 4 atom stereocenters. The normalized spacial score (nSPS) is 21.2. The van der Waals surface area contributed by atoms with E-state index in [0.717, 1.165) is 51.2 Å². The summed E-state index contributed by atoms with van der Waals surface area (Å²) in [4.78, 5) is 45.2. The predicted molar refractivity (Wildman–Crippen MR) is 207 cm³/mol. The zero-order valence-corrected chi connectivity index (χ0v) is 32.5. The van der Waals surface area contributed by atoms with Crippen molar-refractivity contribution in [2.75, 3.05) is 13.1 Å². The minimum Gasteiger partial charge on any atom is -0.444 e. The molecular weight excluding hydrogens is 695 g/mol. The van der Waals surface area contributed by atoms with Gasteiger partial charge in [-0.3, -0.25) is 9.80 Å². The molecule has 272 valence electrons. The van der Waals surface area contributed by atoms with Crippen molar-refractivity contribution in [2.45, 2.75) is 91.5 Å². The van der Waals surface area contributed by atoms with E-state index in [-0.39, 0.29) is 24.3 Å². The fourth-order valence-corrected chi connectivity index (χ4v) is 9.72. The number of aromatic amines is 1. The largest absolute Gasteiger partial charge is 0.444 e. The lowest BCUT2D eigenvalue weighted by Gasteiger charge is -2.27. The molecule has 0 aliphatic carbocycles. The van der Waals surface area contributed by atoms with Gasteiger partial charge >= 0.3 is 12.2 Å². The third-order valence-corrected chi connectivity index (χ3v) is 11.9. The number of H-pyrrole nitrogens is 1. The molecule has 2 aliphatic heterocycles. The van der Waals surface area contributed by atoms with Crippen LogP contribution in [0.1, 0.15) is 92.0 Å². The minimum absolute atomic E-state index is 0.146. The average Bonchev–Trinajstić information content (AvgIpc) is 3.88. The van der Waals surface area contributed by atoms with Crippen molar-refractivity contribution in [3.63, 3.8) is 0 Å². The van der Waals surface area contributed by atoms with Crippen LogP contribution in [-0.2, 0) is 9.47 Å². The molecule has 1 N–H and O–H groups in total. The van der Waals surface area contributed by atoms with Crippen molar-refractivity contribution in [1.82, 2.24) is 24.8 Å². The molecule has 2 aromatic carbocycles. The molecule has 0 saturated carbocycles. The first-order chi connectivity index (χ1) is 24.6. The third kappa shape index (κ3) is 6.78. The van der Waals surface area contributed by atoms with E-state index in [1.807, 2.05) is 52.5 Å². The second-order valence-electron chi connectivity index (χ2n) is 16.5. The number of hydrogen-bond acceptors (Lipinski definition) is 9. The molecule has 0 spiro atoms. The Kier molecular flexibility index (Phi) is 8.41. The highest BCUT2D eigenvalue weighted by Crippen LogP contribution is 2.44.